The lowest BCUT2D eigenvalue weighted by atomic mass is 9.88. The first-order valence-corrected chi connectivity index (χ1v) is 5.77. The fourth-order valence-corrected chi connectivity index (χ4v) is 1.79. The molecule has 2 nitrogen and oxygen atoms in total. The van der Waals surface area contributed by atoms with Crippen molar-refractivity contribution in [3.63, 3.8) is 0 Å². The molecule has 1 unspecified atom stereocenters. The highest BCUT2D eigenvalue weighted by molar-refractivity contribution is 5.31. The summed E-state index contributed by atoms with van der Waals surface area (Å²) in [5.74, 6) is 0. The standard InChI is InChI=1S/C10H13N.C3H9N/c11-10-7-3-5-8-4-1-2-6-9(8)10;1-3-4-2/h1-2,4,6,10H,3,5,7,11H2;4H,3H2,1-2H3. The van der Waals surface area contributed by atoms with Crippen LogP contribution in [0.25, 0.3) is 0 Å². The quantitative estimate of drug-likeness (QED) is 0.739. The van der Waals surface area contributed by atoms with Crippen molar-refractivity contribution in [2.75, 3.05) is 13.6 Å². The summed E-state index contributed by atoms with van der Waals surface area (Å²) in [7, 11) is 1.93. The van der Waals surface area contributed by atoms with Crippen molar-refractivity contribution in [2.24, 2.45) is 5.73 Å². The number of aryl methyl sites for hydroxylation is 1. The molecule has 0 saturated heterocycles. The van der Waals surface area contributed by atoms with Crippen LogP contribution in [-0.4, -0.2) is 13.6 Å². The van der Waals surface area contributed by atoms with Crippen molar-refractivity contribution in [1.29, 1.82) is 0 Å². The van der Waals surface area contributed by atoms with E-state index in [0.717, 1.165) is 13.0 Å². The van der Waals surface area contributed by atoms with E-state index < -0.39 is 0 Å². The van der Waals surface area contributed by atoms with Crippen LogP contribution in [0.2, 0.25) is 0 Å². The number of nitrogens with one attached hydrogen (secondary N) is 1. The third kappa shape index (κ3) is 3.65. The summed E-state index contributed by atoms with van der Waals surface area (Å²) in [5.41, 5.74) is 8.76. The van der Waals surface area contributed by atoms with Gasteiger partial charge in [0.25, 0.3) is 0 Å². The molecule has 0 aliphatic heterocycles. The topological polar surface area (TPSA) is 38.0 Å². The van der Waals surface area contributed by atoms with E-state index in [9.17, 15) is 0 Å². The summed E-state index contributed by atoms with van der Waals surface area (Å²) in [5, 5.41) is 2.93. The van der Waals surface area contributed by atoms with Gasteiger partial charge in [-0.15, -0.1) is 0 Å². The summed E-state index contributed by atoms with van der Waals surface area (Å²) < 4.78 is 0. The van der Waals surface area contributed by atoms with Crippen LogP contribution in [0.5, 0.6) is 0 Å². The van der Waals surface area contributed by atoms with Crippen molar-refractivity contribution in [2.45, 2.75) is 32.2 Å². The zero-order valence-electron chi connectivity index (χ0n) is 9.79. The van der Waals surface area contributed by atoms with Crippen LogP contribution in [0.3, 0.4) is 0 Å². The largest absolute Gasteiger partial charge is 0.324 e. The first-order valence-electron chi connectivity index (χ1n) is 5.77. The summed E-state index contributed by atoms with van der Waals surface area (Å²) >= 11 is 0. The molecule has 0 bridgehead atoms. The van der Waals surface area contributed by atoms with Gasteiger partial charge in [0.2, 0.25) is 0 Å². The molecule has 0 heterocycles. The Morgan fingerprint density at radius 2 is 2.07 bits per heavy atom. The first kappa shape index (κ1) is 12.2. The summed E-state index contributed by atoms with van der Waals surface area (Å²) in [6, 6.07) is 8.80. The summed E-state index contributed by atoms with van der Waals surface area (Å²) in [6.45, 7) is 3.14. The van der Waals surface area contributed by atoms with E-state index in [4.69, 9.17) is 5.73 Å². The fourth-order valence-electron chi connectivity index (χ4n) is 1.79. The maximum absolute atomic E-state index is 5.95. The summed E-state index contributed by atoms with van der Waals surface area (Å²) in [6.07, 6.45) is 3.61. The van der Waals surface area contributed by atoms with E-state index in [1.54, 1.807) is 0 Å². The molecule has 0 aromatic heterocycles. The average Bonchev–Trinajstić information content (AvgIpc) is 2.30. The monoisotopic (exact) mass is 206 g/mol. The molecule has 0 radical (unpaired) electrons. The number of fused-ring (bicyclic) bond motifs is 1. The number of hydrogen-bond donors (Lipinski definition) is 2. The molecule has 1 atom stereocenters. The van der Waals surface area contributed by atoms with Crippen LogP contribution in [0.1, 0.15) is 36.9 Å². The van der Waals surface area contributed by atoms with Gasteiger partial charge in [-0.2, -0.15) is 0 Å². The van der Waals surface area contributed by atoms with Crippen molar-refractivity contribution in [3.05, 3.63) is 35.4 Å². The Morgan fingerprint density at radius 3 is 2.67 bits per heavy atom. The second-order valence-electron chi connectivity index (χ2n) is 3.90. The van der Waals surface area contributed by atoms with Crippen molar-refractivity contribution >= 4 is 0 Å². The zero-order valence-corrected chi connectivity index (χ0v) is 9.79. The molecule has 1 aliphatic carbocycles. The van der Waals surface area contributed by atoms with Gasteiger partial charge in [-0.3, -0.25) is 0 Å². The molecule has 0 spiro atoms. The zero-order chi connectivity index (χ0) is 11.1. The molecule has 2 heteroatoms. The van der Waals surface area contributed by atoms with Gasteiger partial charge in [-0.25, -0.2) is 0 Å². The Bertz CT molecular complexity index is 282. The fraction of sp³-hybridized carbons (Fsp3) is 0.538. The highest BCUT2D eigenvalue weighted by Gasteiger charge is 2.14. The van der Waals surface area contributed by atoms with E-state index >= 15 is 0 Å². The van der Waals surface area contributed by atoms with Crippen molar-refractivity contribution < 1.29 is 0 Å². The van der Waals surface area contributed by atoms with E-state index in [1.807, 2.05) is 7.05 Å². The Morgan fingerprint density at radius 1 is 1.40 bits per heavy atom. The average molecular weight is 206 g/mol. The minimum absolute atomic E-state index is 0.292. The van der Waals surface area contributed by atoms with Gasteiger partial charge >= 0.3 is 0 Å². The van der Waals surface area contributed by atoms with Gasteiger partial charge < -0.3 is 11.1 Å². The second-order valence-corrected chi connectivity index (χ2v) is 3.90. The third-order valence-corrected chi connectivity index (χ3v) is 2.77. The van der Waals surface area contributed by atoms with Gasteiger partial charge in [-0.1, -0.05) is 31.2 Å². The van der Waals surface area contributed by atoms with E-state index in [0.29, 0.717) is 6.04 Å². The predicted octanol–water partition coefficient (Wildman–Crippen LogP) is 2.25. The second kappa shape index (κ2) is 6.59. The van der Waals surface area contributed by atoms with Gasteiger partial charge in [0.15, 0.2) is 0 Å². The predicted molar refractivity (Wildman–Crippen MR) is 65.9 cm³/mol. The maximum Gasteiger partial charge on any atom is 0.0297 e. The molecule has 2 rings (SSSR count). The molecule has 15 heavy (non-hydrogen) atoms. The molecule has 0 saturated carbocycles. The smallest absolute Gasteiger partial charge is 0.0297 e. The molecule has 1 aliphatic rings. The lowest BCUT2D eigenvalue weighted by molar-refractivity contribution is 0.570. The third-order valence-electron chi connectivity index (χ3n) is 2.77. The van der Waals surface area contributed by atoms with E-state index in [2.05, 4.69) is 36.5 Å². The number of nitrogens with two attached hydrogens (primary N) is 1. The van der Waals surface area contributed by atoms with Crippen molar-refractivity contribution in [1.82, 2.24) is 5.32 Å². The molecular formula is C13H22N2. The van der Waals surface area contributed by atoms with Crippen LogP contribution < -0.4 is 11.1 Å². The minimum Gasteiger partial charge on any atom is -0.324 e. The van der Waals surface area contributed by atoms with E-state index in [1.165, 1.54) is 24.0 Å². The van der Waals surface area contributed by atoms with Crippen molar-refractivity contribution in [3.8, 4) is 0 Å². The molecular weight excluding hydrogens is 184 g/mol. The Kier molecular flexibility index (Phi) is 5.37. The van der Waals surface area contributed by atoms with Crippen LogP contribution >= 0.6 is 0 Å². The van der Waals surface area contributed by atoms with Crippen LogP contribution in [0, 0.1) is 0 Å². The maximum atomic E-state index is 5.95. The Labute approximate surface area is 92.9 Å². The molecule has 0 amide bonds. The number of rotatable bonds is 1. The SMILES string of the molecule is CCNC.NC1CCCc2ccccc21. The molecule has 3 N–H and O–H groups in total. The molecule has 0 fully saturated rings. The number of benzene rings is 1. The number of hydrogen-bond acceptors (Lipinski definition) is 2. The lowest BCUT2D eigenvalue weighted by Crippen LogP contribution is -2.16. The minimum atomic E-state index is 0.292. The van der Waals surface area contributed by atoms with Gasteiger partial charge in [0.05, 0.1) is 0 Å². The molecule has 1 aromatic rings. The van der Waals surface area contributed by atoms with Gasteiger partial charge in [0, 0.05) is 6.04 Å². The van der Waals surface area contributed by atoms with Gasteiger partial charge in [-0.05, 0) is 44.0 Å². The molecule has 84 valence electrons. The van der Waals surface area contributed by atoms with Crippen LogP contribution in [0.15, 0.2) is 24.3 Å². The van der Waals surface area contributed by atoms with Crippen LogP contribution in [-0.2, 0) is 6.42 Å². The normalized spacial score (nSPS) is 18.7. The molecule has 1 aromatic carbocycles. The Balaban J connectivity index is 0.000000245. The lowest BCUT2D eigenvalue weighted by Gasteiger charge is -2.21. The highest BCUT2D eigenvalue weighted by atomic mass is 14.8. The summed E-state index contributed by atoms with van der Waals surface area (Å²) in [4.78, 5) is 0. The van der Waals surface area contributed by atoms with E-state index in [-0.39, 0.29) is 0 Å². The first-order chi connectivity index (χ1) is 7.29. The highest BCUT2D eigenvalue weighted by Crippen LogP contribution is 2.26. The van der Waals surface area contributed by atoms with Crippen LogP contribution in [0.4, 0.5) is 0 Å². The Hall–Kier alpha value is -0.860. The van der Waals surface area contributed by atoms with Gasteiger partial charge in [0.1, 0.15) is 0 Å².